The van der Waals surface area contributed by atoms with E-state index in [1.165, 1.54) is 0 Å². The first kappa shape index (κ1) is 24.1. The maximum atomic E-state index is 10.8. The molecule has 1 nitrogen and oxygen atoms in total. The number of hydrogen-bond donors (Lipinski definition) is 0. The molecule has 0 saturated carbocycles. The van der Waals surface area contributed by atoms with Gasteiger partial charge in [0.05, 0.1) is 0 Å². The third-order valence-electron chi connectivity index (χ3n) is 3.75. The Balaban J connectivity index is 3.48. The summed E-state index contributed by atoms with van der Waals surface area (Å²) in [5, 5.41) is 0. The molecule has 0 fully saturated rings. The van der Waals surface area contributed by atoms with Gasteiger partial charge in [-0.15, -0.1) is 0 Å². The van der Waals surface area contributed by atoms with Crippen LogP contribution in [-0.4, -0.2) is 5.78 Å². The molecule has 0 aliphatic heterocycles. The van der Waals surface area contributed by atoms with Crippen molar-refractivity contribution in [1.82, 2.24) is 0 Å². The summed E-state index contributed by atoms with van der Waals surface area (Å²) in [5.41, 5.74) is 0. The van der Waals surface area contributed by atoms with Crippen LogP contribution in [0.3, 0.4) is 0 Å². The van der Waals surface area contributed by atoms with Gasteiger partial charge >= 0.3 is 0 Å². The number of hydrogen-bond acceptors (Lipinski definition) is 1. The Morgan fingerprint density at radius 2 is 0.962 bits per heavy atom. The SMILES string of the molecule is CC/C=C\C/C=C\C/C=C\C/C=C\C/C=C\C/C=C\CCCCC(C)=O. The lowest BCUT2D eigenvalue weighted by Crippen LogP contribution is -1.88. The molecule has 0 aromatic heterocycles. The molecule has 144 valence electrons. The van der Waals surface area contributed by atoms with E-state index < -0.39 is 0 Å². The van der Waals surface area contributed by atoms with E-state index in [2.05, 4.69) is 79.8 Å². The molecule has 0 aliphatic carbocycles. The van der Waals surface area contributed by atoms with Crippen molar-refractivity contribution in [2.24, 2.45) is 0 Å². The first-order valence-electron chi connectivity index (χ1n) is 10.2. The molecule has 0 heterocycles. The normalized spacial score (nSPS) is 13.0. The average molecular weight is 355 g/mol. The Labute approximate surface area is 162 Å². The lowest BCUT2D eigenvalue weighted by Gasteiger charge is -1.93. The molecule has 0 unspecified atom stereocenters. The monoisotopic (exact) mass is 354 g/mol. The third-order valence-corrected chi connectivity index (χ3v) is 3.75. The Morgan fingerprint density at radius 3 is 1.35 bits per heavy atom. The summed E-state index contributed by atoms with van der Waals surface area (Å²) >= 11 is 0. The molecule has 1 heteroatoms. The average Bonchev–Trinajstić information content (AvgIpc) is 2.62. The molecule has 0 bridgehead atoms. The number of allylic oxidation sites excluding steroid dienone is 12. The van der Waals surface area contributed by atoms with E-state index in [1.807, 2.05) is 0 Å². The number of Topliss-reactive ketones (excluding diaryl/α,β-unsaturated/α-hetero) is 1. The van der Waals surface area contributed by atoms with Crippen LogP contribution in [0, 0.1) is 0 Å². The van der Waals surface area contributed by atoms with Crippen LogP contribution in [0.5, 0.6) is 0 Å². The Bertz CT molecular complexity index is 486. The zero-order chi connectivity index (χ0) is 19.1. The van der Waals surface area contributed by atoms with Crippen LogP contribution in [0.25, 0.3) is 0 Å². The maximum Gasteiger partial charge on any atom is 0.129 e. The second-order valence-corrected chi connectivity index (χ2v) is 6.36. The van der Waals surface area contributed by atoms with E-state index in [0.717, 1.165) is 64.2 Å². The van der Waals surface area contributed by atoms with E-state index in [1.54, 1.807) is 6.92 Å². The Hall–Kier alpha value is -1.89. The fourth-order valence-corrected chi connectivity index (χ4v) is 2.28. The largest absolute Gasteiger partial charge is 0.300 e. The van der Waals surface area contributed by atoms with Crippen molar-refractivity contribution < 1.29 is 4.79 Å². The molecule has 0 atom stereocenters. The summed E-state index contributed by atoms with van der Waals surface area (Å²) in [6.45, 7) is 3.82. The first-order chi connectivity index (χ1) is 12.8. The molecule has 0 aromatic carbocycles. The standard InChI is InChI=1S/C25H38O/c1-3-4-5-6-7-8-9-10-11-12-13-14-15-16-17-18-19-20-21-22-23-24-25(2)26/h4-5,7-8,10-11,13-14,16-17,19-20H,3,6,9,12,15,18,21-24H2,1-2H3/b5-4-,8-7-,11-10-,14-13-,17-16-,20-19-. The highest BCUT2D eigenvalue weighted by molar-refractivity contribution is 5.75. The molecular formula is C25H38O. The first-order valence-corrected chi connectivity index (χ1v) is 10.2. The molecule has 0 saturated heterocycles. The predicted molar refractivity (Wildman–Crippen MR) is 117 cm³/mol. The number of carbonyl (C=O) groups is 1. The quantitative estimate of drug-likeness (QED) is 0.204. The molecule has 0 rings (SSSR count). The van der Waals surface area contributed by atoms with E-state index in [0.29, 0.717) is 5.78 Å². The summed E-state index contributed by atoms with van der Waals surface area (Å²) in [4.78, 5) is 10.8. The van der Waals surface area contributed by atoms with Crippen molar-refractivity contribution in [3.63, 3.8) is 0 Å². The van der Waals surface area contributed by atoms with Gasteiger partial charge in [-0.3, -0.25) is 0 Å². The van der Waals surface area contributed by atoms with Crippen molar-refractivity contribution in [3.8, 4) is 0 Å². The minimum absolute atomic E-state index is 0.299. The van der Waals surface area contributed by atoms with Crippen molar-refractivity contribution in [3.05, 3.63) is 72.9 Å². The second-order valence-electron chi connectivity index (χ2n) is 6.36. The van der Waals surface area contributed by atoms with Gasteiger partial charge in [-0.05, 0) is 64.7 Å². The second kappa shape index (κ2) is 21.2. The topological polar surface area (TPSA) is 17.1 Å². The summed E-state index contributed by atoms with van der Waals surface area (Å²) in [6.07, 6.45) is 36.7. The lowest BCUT2D eigenvalue weighted by atomic mass is 10.1. The van der Waals surface area contributed by atoms with Gasteiger partial charge in [0.1, 0.15) is 5.78 Å². The zero-order valence-electron chi connectivity index (χ0n) is 16.9. The van der Waals surface area contributed by atoms with Crippen LogP contribution >= 0.6 is 0 Å². The summed E-state index contributed by atoms with van der Waals surface area (Å²) in [6, 6.07) is 0. The maximum absolute atomic E-state index is 10.8. The minimum Gasteiger partial charge on any atom is -0.300 e. The van der Waals surface area contributed by atoms with Crippen LogP contribution in [-0.2, 0) is 4.79 Å². The van der Waals surface area contributed by atoms with Crippen LogP contribution in [0.4, 0.5) is 0 Å². The van der Waals surface area contributed by atoms with Gasteiger partial charge in [0.15, 0.2) is 0 Å². The number of unbranched alkanes of at least 4 members (excludes halogenated alkanes) is 2. The van der Waals surface area contributed by atoms with Crippen molar-refractivity contribution in [2.45, 2.75) is 78.1 Å². The molecular weight excluding hydrogens is 316 g/mol. The summed E-state index contributed by atoms with van der Waals surface area (Å²) in [5.74, 6) is 0.299. The fraction of sp³-hybridized carbons (Fsp3) is 0.480. The molecule has 0 spiro atoms. The van der Waals surface area contributed by atoms with Gasteiger partial charge in [0, 0.05) is 6.42 Å². The van der Waals surface area contributed by atoms with E-state index in [-0.39, 0.29) is 0 Å². The van der Waals surface area contributed by atoms with Gasteiger partial charge in [-0.25, -0.2) is 0 Å². The van der Waals surface area contributed by atoms with Crippen LogP contribution in [0.15, 0.2) is 72.9 Å². The highest BCUT2D eigenvalue weighted by Crippen LogP contribution is 2.02. The molecule has 0 aromatic rings. The summed E-state index contributed by atoms with van der Waals surface area (Å²) in [7, 11) is 0. The highest BCUT2D eigenvalue weighted by atomic mass is 16.1. The smallest absolute Gasteiger partial charge is 0.129 e. The van der Waals surface area contributed by atoms with Gasteiger partial charge in [0.2, 0.25) is 0 Å². The molecule has 0 amide bonds. The Kier molecular flexibility index (Phi) is 19.6. The number of ketones is 1. The molecule has 0 aliphatic rings. The van der Waals surface area contributed by atoms with E-state index in [9.17, 15) is 4.79 Å². The highest BCUT2D eigenvalue weighted by Gasteiger charge is 1.91. The fourth-order valence-electron chi connectivity index (χ4n) is 2.28. The minimum atomic E-state index is 0.299. The van der Waals surface area contributed by atoms with Crippen molar-refractivity contribution >= 4 is 5.78 Å². The van der Waals surface area contributed by atoms with E-state index >= 15 is 0 Å². The lowest BCUT2D eigenvalue weighted by molar-refractivity contribution is -0.117. The van der Waals surface area contributed by atoms with E-state index in [4.69, 9.17) is 0 Å². The Morgan fingerprint density at radius 1 is 0.577 bits per heavy atom. The molecule has 26 heavy (non-hydrogen) atoms. The third kappa shape index (κ3) is 22.1. The molecule has 0 N–H and O–H groups in total. The van der Waals surface area contributed by atoms with Crippen LogP contribution in [0.1, 0.15) is 78.1 Å². The van der Waals surface area contributed by atoms with Crippen molar-refractivity contribution in [1.29, 1.82) is 0 Å². The zero-order valence-corrected chi connectivity index (χ0v) is 16.9. The van der Waals surface area contributed by atoms with Gasteiger partial charge < -0.3 is 4.79 Å². The number of carbonyl (C=O) groups excluding carboxylic acids is 1. The van der Waals surface area contributed by atoms with Gasteiger partial charge in [0.25, 0.3) is 0 Å². The van der Waals surface area contributed by atoms with Crippen LogP contribution < -0.4 is 0 Å². The van der Waals surface area contributed by atoms with Gasteiger partial charge in [-0.2, -0.15) is 0 Å². The predicted octanol–water partition coefficient (Wildman–Crippen LogP) is 7.83. The summed E-state index contributed by atoms with van der Waals surface area (Å²) < 4.78 is 0. The number of rotatable bonds is 16. The van der Waals surface area contributed by atoms with Crippen molar-refractivity contribution in [2.75, 3.05) is 0 Å². The van der Waals surface area contributed by atoms with Gasteiger partial charge in [-0.1, -0.05) is 79.8 Å². The molecule has 0 radical (unpaired) electrons. The van der Waals surface area contributed by atoms with Crippen LogP contribution in [0.2, 0.25) is 0 Å².